The van der Waals surface area contributed by atoms with E-state index in [4.69, 9.17) is 9.84 Å². The molecule has 1 heterocycles. The summed E-state index contributed by atoms with van der Waals surface area (Å²) in [6.45, 7) is 1.77. The number of aromatic nitrogens is 2. The van der Waals surface area contributed by atoms with Crippen LogP contribution in [0.25, 0.3) is 16.8 Å². The molecule has 0 fully saturated rings. The molecule has 0 bridgehead atoms. The van der Waals surface area contributed by atoms with Crippen molar-refractivity contribution in [3.63, 3.8) is 0 Å². The number of rotatable bonds is 7. The van der Waals surface area contributed by atoms with E-state index in [0.29, 0.717) is 5.69 Å². The Hall–Kier alpha value is -4.59. The highest BCUT2D eigenvalue weighted by molar-refractivity contribution is 5.84. The number of benzene rings is 3. The number of aromatic amines is 1. The van der Waals surface area contributed by atoms with Crippen LogP contribution < -0.4 is 11.0 Å². The Morgan fingerprint density at radius 3 is 2.21 bits per heavy atom. The van der Waals surface area contributed by atoms with Gasteiger partial charge >= 0.3 is 17.8 Å². The quantitative estimate of drug-likeness (QED) is 0.370. The monoisotopic (exact) mass is 457 g/mol. The Morgan fingerprint density at radius 1 is 0.971 bits per heavy atom. The molecule has 1 aromatic heterocycles. The zero-order valence-corrected chi connectivity index (χ0v) is 18.4. The van der Waals surface area contributed by atoms with Crippen molar-refractivity contribution in [3.05, 3.63) is 107 Å². The van der Waals surface area contributed by atoms with Gasteiger partial charge < -0.3 is 14.8 Å². The minimum absolute atomic E-state index is 0.0298. The largest absolute Gasteiger partial charge is 0.481 e. The second-order valence-corrected chi connectivity index (χ2v) is 7.71. The molecule has 0 saturated carbocycles. The molecule has 34 heavy (non-hydrogen) atoms. The zero-order chi connectivity index (χ0) is 24.1. The third-order valence-electron chi connectivity index (χ3n) is 5.33. The number of H-pyrrole nitrogens is 1. The van der Waals surface area contributed by atoms with Crippen LogP contribution in [0.4, 0.5) is 10.6 Å². The van der Waals surface area contributed by atoms with Crippen molar-refractivity contribution in [2.45, 2.75) is 19.4 Å². The van der Waals surface area contributed by atoms with Crippen LogP contribution in [0.15, 0.2) is 89.9 Å². The molecule has 1 atom stereocenters. The maximum absolute atomic E-state index is 12.4. The van der Waals surface area contributed by atoms with E-state index in [9.17, 15) is 14.4 Å². The van der Waals surface area contributed by atoms with Gasteiger partial charge in [0.15, 0.2) is 0 Å². The molecule has 0 saturated heterocycles. The molecule has 0 spiro atoms. The first-order valence-corrected chi connectivity index (χ1v) is 10.7. The number of hydrogen-bond donors (Lipinski definition) is 3. The lowest BCUT2D eigenvalue weighted by Crippen LogP contribution is -2.21. The van der Waals surface area contributed by atoms with Crippen molar-refractivity contribution in [3.8, 4) is 16.8 Å². The molecule has 3 N–H and O–H groups in total. The number of carboxylic acid groups (broad SMARTS) is 1. The molecule has 0 aliphatic rings. The van der Waals surface area contributed by atoms with Crippen molar-refractivity contribution >= 4 is 17.9 Å². The van der Waals surface area contributed by atoms with Gasteiger partial charge in [0.25, 0.3) is 0 Å². The van der Waals surface area contributed by atoms with Crippen LogP contribution in [0.1, 0.15) is 24.2 Å². The highest BCUT2D eigenvalue weighted by atomic mass is 16.6. The van der Waals surface area contributed by atoms with Gasteiger partial charge in [-0.1, -0.05) is 66.7 Å². The van der Waals surface area contributed by atoms with Crippen LogP contribution >= 0.6 is 0 Å². The molecule has 8 heteroatoms. The fourth-order valence-electron chi connectivity index (χ4n) is 3.60. The SMILES string of the molecule is CC(OC(=O)Nc1c[nH]c(=O)n1-c1ccc(-c2ccc(CC(=O)O)cc2)cc1)c1ccccc1. The normalized spacial score (nSPS) is 11.6. The van der Waals surface area contributed by atoms with Crippen molar-refractivity contribution in [2.75, 3.05) is 5.32 Å². The number of carbonyl (C=O) groups excluding carboxylic acids is 1. The van der Waals surface area contributed by atoms with Gasteiger partial charge in [-0.2, -0.15) is 0 Å². The number of ether oxygens (including phenoxy) is 1. The molecule has 8 nitrogen and oxygen atoms in total. The molecule has 3 aromatic carbocycles. The highest BCUT2D eigenvalue weighted by Gasteiger charge is 2.15. The number of imidazole rings is 1. The number of aliphatic carboxylic acids is 1. The summed E-state index contributed by atoms with van der Waals surface area (Å²) >= 11 is 0. The molecule has 0 radical (unpaired) electrons. The summed E-state index contributed by atoms with van der Waals surface area (Å²) in [5, 5.41) is 11.5. The Morgan fingerprint density at radius 2 is 1.59 bits per heavy atom. The van der Waals surface area contributed by atoms with Gasteiger partial charge in [-0.05, 0) is 41.3 Å². The van der Waals surface area contributed by atoms with Gasteiger partial charge in [-0.25, -0.2) is 14.2 Å². The minimum Gasteiger partial charge on any atom is -0.481 e. The van der Waals surface area contributed by atoms with Gasteiger partial charge in [0.05, 0.1) is 12.1 Å². The maximum atomic E-state index is 12.4. The van der Waals surface area contributed by atoms with E-state index >= 15 is 0 Å². The Balaban J connectivity index is 1.49. The average molecular weight is 457 g/mol. The van der Waals surface area contributed by atoms with E-state index in [1.807, 2.05) is 54.6 Å². The van der Waals surface area contributed by atoms with Crippen LogP contribution in [0.5, 0.6) is 0 Å². The van der Waals surface area contributed by atoms with E-state index in [1.165, 1.54) is 10.8 Å². The number of amides is 1. The molecular formula is C26H23N3O5. The van der Waals surface area contributed by atoms with Crippen LogP contribution in [0.3, 0.4) is 0 Å². The van der Waals surface area contributed by atoms with Crippen molar-refractivity contribution in [1.82, 2.24) is 9.55 Å². The second kappa shape index (κ2) is 9.91. The van der Waals surface area contributed by atoms with Gasteiger partial charge in [0, 0.05) is 6.20 Å². The molecule has 4 aromatic rings. The first kappa shape index (κ1) is 22.6. The van der Waals surface area contributed by atoms with E-state index in [1.54, 1.807) is 31.2 Å². The Bertz CT molecular complexity index is 1340. The predicted molar refractivity (Wildman–Crippen MR) is 128 cm³/mol. The standard InChI is InChI=1S/C26H23N3O5/c1-17(19-5-3-2-4-6-19)34-26(33)28-23-16-27-25(32)29(23)22-13-11-21(12-14-22)20-9-7-18(8-10-20)15-24(30)31/h2-14,16-17H,15H2,1H3,(H,27,32)(H,28,33)(H,30,31). The van der Waals surface area contributed by atoms with Crippen LogP contribution in [0, 0.1) is 0 Å². The number of anilines is 1. The molecule has 1 unspecified atom stereocenters. The first-order chi connectivity index (χ1) is 16.4. The highest BCUT2D eigenvalue weighted by Crippen LogP contribution is 2.23. The van der Waals surface area contributed by atoms with E-state index in [2.05, 4.69) is 10.3 Å². The van der Waals surface area contributed by atoms with E-state index in [0.717, 1.165) is 22.3 Å². The van der Waals surface area contributed by atoms with Crippen molar-refractivity contribution in [1.29, 1.82) is 0 Å². The molecule has 1 amide bonds. The predicted octanol–water partition coefficient (Wildman–Crippen LogP) is 4.77. The Labute approximate surface area is 195 Å². The molecule has 0 aliphatic carbocycles. The van der Waals surface area contributed by atoms with Crippen molar-refractivity contribution in [2.24, 2.45) is 0 Å². The van der Waals surface area contributed by atoms with Crippen LogP contribution in [0.2, 0.25) is 0 Å². The van der Waals surface area contributed by atoms with E-state index in [-0.39, 0.29) is 12.2 Å². The second-order valence-electron chi connectivity index (χ2n) is 7.71. The molecule has 172 valence electrons. The lowest BCUT2D eigenvalue weighted by molar-refractivity contribution is -0.136. The van der Waals surface area contributed by atoms with Gasteiger partial charge in [-0.3, -0.25) is 10.1 Å². The zero-order valence-electron chi connectivity index (χ0n) is 18.4. The fraction of sp³-hybridized carbons (Fsp3) is 0.115. The summed E-state index contributed by atoms with van der Waals surface area (Å²) in [5.74, 6) is -0.627. The summed E-state index contributed by atoms with van der Waals surface area (Å²) in [4.78, 5) is 38.3. The van der Waals surface area contributed by atoms with E-state index < -0.39 is 23.9 Å². The average Bonchev–Trinajstić information content (AvgIpc) is 3.19. The lowest BCUT2D eigenvalue weighted by atomic mass is 10.0. The summed E-state index contributed by atoms with van der Waals surface area (Å²) in [5.41, 5.74) is 3.55. The van der Waals surface area contributed by atoms with Crippen molar-refractivity contribution < 1.29 is 19.4 Å². The lowest BCUT2D eigenvalue weighted by Gasteiger charge is -2.15. The first-order valence-electron chi connectivity index (χ1n) is 10.7. The fourth-order valence-corrected chi connectivity index (χ4v) is 3.60. The number of nitrogens with one attached hydrogen (secondary N) is 2. The maximum Gasteiger partial charge on any atom is 0.413 e. The minimum atomic E-state index is -0.878. The smallest absolute Gasteiger partial charge is 0.413 e. The number of carboxylic acids is 1. The summed E-state index contributed by atoms with van der Waals surface area (Å²) in [6, 6.07) is 23.8. The third kappa shape index (κ3) is 5.24. The summed E-state index contributed by atoms with van der Waals surface area (Å²) in [7, 11) is 0. The summed E-state index contributed by atoms with van der Waals surface area (Å²) in [6.07, 6.45) is 0.243. The number of carbonyl (C=O) groups is 2. The number of hydrogen-bond acceptors (Lipinski definition) is 4. The third-order valence-corrected chi connectivity index (χ3v) is 5.33. The molecular weight excluding hydrogens is 434 g/mol. The molecule has 0 aliphatic heterocycles. The molecule has 4 rings (SSSR count). The summed E-state index contributed by atoms with van der Waals surface area (Å²) < 4.78 is 6.78. The topological polar surface area (TPSA) is 113 Å². The van der Waals surface area contributed by atoms with Gasteiger partial charge in [0.2, 0.25) is 0 Å². The Kier molecular flexibility index (Phi) is 6.59. The van der Waals surface area contributed by atoms with Gasteiger partial charge in [0.1, 0.15) is 11.9 Å². The van der Waals surface area contributed by atoms with Crippen LogP contribution in [-0.2, 0) is 16.0 Å². The van der Waals surface area contributed by atoms with Crippen LogP contribution in [-0.4, -0.2) is 26.7 Å². The number of nitrogens with zero attached hydrogens (tertiary/aromatic N) is 1. The van der Waals surface area contributed by atoms with Gasteiger partial charge in [-0.15, -0.1) is 0 Å².